The van der Waals surface area contributed by atoms with Gasteiger partial charge in [0.15, 0.2) is 4.80 Å². The third-order valence-electron chi connectivity index (χ3n) is 6.01. The molecule has 6 heteroatoms. The largest absolute Gasteiger partial charge is 0.354 e. The molecule has 35 heavy (non-hydrogen) atoms. The molecule has 1 heterocycles. The summed E-state index contributed by atoms with van der Waals surface area (Å²) < 4.78 is 2.14. The maximum absolute atomic E-state index is 13.5. The Bertz CT molecular complexity index is 1320. The predicted octanol–water partition coefficient (Wildman–Crippen LogP) is 6.04. The fourth-order valence-electron chi connectivity index (χ4n) is 4.25. The second kappa shape index (κ2) is 12.0. The van der Waals surface area contributed by atoms with E-state index in [0.717, 1.165) is 41.0 Å². The molecule has 0 spiro atoms. The number of nitrogens with two attached hydrogens (primary N) is 1. The normalized spacial score (nSPS) is 12.9. The van der Waals surface area contributed by atoms with Crippen LogP contribution in [-0.4, -0.2) is 23.6 Å². The lowest BCUT2D eigenvalue weighted by Gasteiger charge is -2.23. The molecule has 0 aliphatic heterocycles. The van der Waals surface area contributed by atoms with E-state index in [1.54, 1.807) is 11.3 Å². The molecule has 5 nitrogen and oxygen atoms in total. The van der Waals surface area contributed by atoms with Gasteiger partial charge in [0.2, 0.25) is 5.91 Å². The summed E-state index contributed by atoms with van der Waals surface area (Å²) in [5, 5.41) is 7.66. The number of carbonyl (C=O) groups is 1. The van der Waals surface area contributed by atoms with E-state index in [0.29, 0.717) is 19.0 Å². The number of hydrogen-bond donors (Lipinski definition) is 2. The van der Waals surface area contributed by atoms with Gasteiger partial charge in [-0.1, -0.05) is 68.4 Å². The highest BCUT2D eigenvalue weighted by Gasteiger charge is 2.25. The Balaban J connectivity index is 1.83. The number of thiazole rings is 1. The minimum atomic E-state index is -0.358. The molecule has 1 amide bonds. The van der Waals surface area contributed by atoms with Crippen LogP contribution in [0.3, 0.4) is 0 Å². The van der Waals surface area contributed by atoms with Gasteiger partial charge in [0.25, 0.3) is 0 Å². The number of rotatable bonds is 10. The number of aromatic nitrogens is 1. The van der Waals surface area contributed by atoms with Gasteiger partial charge in [0, 0.05) is 11.9 Å². The number of para-hydroxylation sites is 1. The number of amides is 1. The molecule has 0 saturated heterocycles. The molecule has 1 aromatic heterocycles. The predicted molar refractivity (Wildman–Crippen MR) is 147 cm³/mol. The maximum atomic E-state index is 13.5. The molecule has 182 valence electrons. The Kier molecular flexibility index (Phi) is 8.50. The van der Waals surface area contributed by atoms with Crippen molar-refractivity contribution < 1.29 is 4.79 Å². The summed E-state index contributed by atoms with van der Waals surface area (Å²) in [7, 11) is 0. The molecule has 0 radical (unpaired) electrons. The zero-order valence-electron chi connectivity index (χ0n) is 20.5. The molecule has 0 aliphatic rings. The van der Waals surface area contributed by atoms with Gasteiger partial charge in [-0.2, -0.15) is 0 Å². The highest BCUT2D eigenvalue weighted by Crippen LogP contribution is 2.30. The molecule has 3 aromatic carbocycles. The number of unbranched alkanes of at least 4 members (excludes halogenated alkanes) is 1. The van der Waals surface area contributed by atoms with E-state index in [9.17, 15) is 4.79 Å². The van der Waals surface area contributed by atoms with E-state index >= 15 is 0 Å². The van der Waals surface area contributed by atoms with E-state index in [2.05, 4.69) is 71.6 Å². The van der Waals surface area contributed by atoms with Crippen LogP contribution in [0.5, 0.6) is 0 Å². The lowest BCUT2D eigenvalue weighted by molar-refractivity contribution is -0.124. The van der Waals surface area contributed by atoms with E-state index in [-0.39, 0.29) is 11.9 Å². The molecule has 0 bridgehead atoms. The first-order valence-corrected chi connectivity index (χ1v) is 13.2. The van der Waals surface area contributed by atoms with Gasteiger partial charge in [-0.15, -0.1) is 11.3 Å². The van der Waals surface area contributed by atoms with E-state index in [1.807, 2.05) is 30.3 Å². The smallest absolute Gasteiger partial charge is 0.243 e. The van der Waals surface area contributed by atoms with Crippen molar-refractivity contribution in [3.05, 3.63) is 83.0 Å². The molecule has 0 fully saturated rings. The molecule has 0 aliphatic carbocycles. The summed E-state index contributed by atoms with van der Waals surface area (Å²) in [6.45, 7) is 5.58. The van der Waals surface area contributed by atoms with Crippen molar-refractivity contribution in [3.8, 4) is 11.3 Å². The van der Waals surface area contributed by atoms with Gasteiger partial charge in [-0.3, -0.25) is 4.79 Å². The van der Waals surface area contributed by atoms with Gasteiger partial charge < -0.3 is 15.6 Å². The van der Waals surface area contributed by atoms with Crippen LogP contribution in [0, 0.1) is 5.92 Å². The topological polar surface area (TPSA) is 72.4 Å². The molecule has 0 unspecified atom stereocenters. The molecule has 4 rings (SSSR count). The first-order valence-electron chi connectivity index (χ1n) is 12.3. The molecule has 1 atom stereocenters. The summed E-state index contributed by atoms with van der Waals surface area (Å²) in [5.74, 6) is 0.377. The highest BCUT2D eigenvalue weighted by molar-refractivity contribution is 7.07. The molecular formula is C29H34N4OS. The SMILES string of the molecule is CC(C)C[C@H](C(=O)NCCCCN)n1c(-c2ccc3ccccc3c2)csc1=Nc1ccccc1. The third kappa shape index (κ3) is 6.27. The first kappa shape index (κ1) is 24.9. The quantitative estimate of drug-likeness (QED) is 0.268. The van der Waals surface area contributed by atoms with Gasteiger partial charge in [0.05, 0.1) is 11.4 Å². The Morgan fingerprint density at radius 1 is 1.00 bits per heavy atom. The second-order valence-electron chi connectivity index (χ2n) is 9.21. The van der Waals surface area contributed by atoms with Crippen molar-refractivity contribution in [2.75, 3.05) is 13.1 Å². The van der Waals surface area contributed by atoms with Crippen LogP contribution in [0.1, 0.15) is 39.2 Å². The minimum absolute atomic E-state index is 0.0330. The van der Waals surface area contributed by atoms with Crippen LogP contribution < -0.4 is 15.9 Å². The Morgan fingerprint density at radius 2 is 1.74 bits per heavy atom. The van der Waals surface area contributed by atoms with Crippen molar-refractivity contribution in [1.29, 1.82) is 0 Å². The summed E-state index contributed by atoms with van der Waals surface area (Å²) in [5.41, 5.74) is 8.61. The van der Waals surface area contributed by atoms with E-state index in [1.165, 1.54) is 10.8 Å². The van der Waals surface area contributed by atoms with Crippen LogP contribution in [-0.2, 0) is 4.79 Å². The minimum Gasteiger partial charge on any atom is -0.354 e. The van der Waals surface area contributed by atoms with Crippen molar-refractivity contribution in [2.45, 2.75) is 39.2 Å². The number of nitrogens with one attached hydrogen (secondary N) is 1. The van der Waals surface area contributed by atoms with Crippen molar-refractivity contribution in [2.24, 2.45) is 16.6 Å². The monoisotopic (exact) mass is 486 g/mol. The summed E-state index contributed by atoms with van der Waals surface area (Å²) in [4.78, 5) is 19.3. The standard InChI is InChI=1S/C29H34N4OS/c1-21(2)18-26(28(34)31-17-9-8-16-30)33-27(20-35-29(33)32-25-12-4-3-5-13-25)24-15-14-22-10-6-7-11-23(22)19-24/h3-7,10-15,19-21,26H,8-9,16-18,30H2,1-2H3,(H,31,34)/t26-/m1/s1. The Labute approximate surface area is 211 Å². The van der Waals surface area contributed by atoms with Gasteiger partial charge in [0.1, 0.15) is 6.04 Å². The number of nitrogens with zero attached hydrogens (tertiary/aromatic N) is 2. The van der Waals surface area contributed by atoms with Crippen LogP contribution in [0.2, 0.25) is 0 Å². The van der Waals surface area contributed by atoms with Crippen LogP contribution in [0.4, 0.5) is 5.69 Å². The van der Waals surface area contributed by atoms with Crippen molar-refractivity contribution in [1.82, 2.24) is 9.88 Å². The van der Waals surface area contributed by atoms with Crippen molar-refractivity contribution in [3.63, 3.8) is 0 Å². The zero-order chi connectivity index (χ0) is 24.6. The van der Waals surface area contributed by atoms with Gasteiger partial charge in [-0.25, -0.2) is 4.99 Å². The van der Waals surface area contributed by atoms with E-state index in [4.69, 9.17) is 10.7 Å². The van der Waals surface area contributed by atoms with E-state index < -0.39 is 0 Å². The number of carbonyl (C=O) groups excluding carboxylic acids is 1. The fraction of sp³-hybridized carbons (Fsp3) is 0.310. The summed E-state index contributed by atoms with van der Waals surface area (Å²) >= 11 is 1.58. The third-order valence-corrected chi connectivity index (χ3v) is 6.85. The number of hydrogen-bond acceptors (Lipinski definition) is 4. The lowest BCUT2D eigenvalue weighted by atomic mass is 10.0. The molecule has 0 saturated carbocycles. The zero-order valence-corrected chi connectivity index (χ0v) is 21.3. The number of fused-ring (bicyclic) bond motifs is 1. The van der Waals surface area contributed by atoms with Gasteiger partial charge >= 0.3 is 0 Å². The summed E-state index contributed by atoms with van der Waals surface area (Å²) in [6.07, 6.45) is 2.50. The molecular weight excluding hydrogens is 452 g/mol. The lowest BCUT2D eigenvalue weighted by Crippen LogP contribution is -2.37. The maximum Gasteiger partial charge on any atom is 0.243 e. The number of benzene rings is 3. The van der Waals surface area contributed by atoms with Crippen LogP contribution in [0.15, 0.2) is 83.2 Å². The van der Waals surface area contributed by atoms with Crippen LogP contribution in [0.25, 0.3) is 22.0 Å². The average molecular weight is 487 g/mol. The van der Waals surface area contributed by atoms with Crippen LogP contribution >= 0.6 is 11.3 Å². The molecule has 4 aromatic rings. The Morgan fingerprint density at radius 3 is 2.49 bits per heavy atom. The molecule has 3 N–H and O–H groups in total. The fourth-order valence-corrected chi connectivity index (χ4v) is 5.21. The van der Waals surface area contributed by atoms with Crippen molar-refractivity contribution >= 4 is 33.7 Å². The second-order valence-corrected chi connectivity index (χ2v) is 10.1. The first-order chi connectivity index (χ1) is 17.1. The van der Waals surface area contributed by atoms with Gasteiger partial charge in [-0.05, 0) is 66.3 Å². The highest BCUT2D eigenvalue weighted by atomic mass is 32.1. The summed E-state index contributed by atoms with van der Waals surface area (Å²) in [6, 6.07) is 24.4. The Hall–Kier alpha value is -3.22. The average Bonchev–Trinajstić information content (AvgIpc) is 3.28.